The van der Waals surface area contributed by atoms with Crippen LogP contribution in [-0.2, 0) is 0 Å². The highest BCUT2D eigenvalue weighted by molar-refractivity contribution is 7.89. The predicted octanol–water partition coefficient (Wildman–Crippen LogP) is 2.18. The van der Waals surface area contributed by atoms with E-state index in [-0.39, 0.29) is 0 Å². The summed E-state index contributed by atoms with van der Waals surface area (Å²) in [5.41, 5.74) is 0. The zero-order chi connectivity index (χ0) is 6.95. The number of rotatable bonds is 2. The first-order valence-electron chi connectivity index (χ1n) is 3.27. The largest absolute Gasteiger partial charge is 0.284 e. The maximum atomic E-state index is 3.99. The van der Waals surface area contributed by atoms with Gasteiger partial charge in [0.05, 0.1) is 6.21 Å². The lowest BCUT2D eigenvalue weighted by Gasteiger charge is -1.75. The van der Waals surface area contributed by atoms with E-state index in [1.54, 1.807) is 17.4 Å². The van der Waals surface area contributed by atoms with Crippen LogP contribution in [0.4, 0.5) is 0 Å². The van der Waals surface area contributed by atoms with Crippen molar-refractivity contribution in [2.45, 2.75) is 20.3 Å². The second kappa shape index (κ2) is 7.67. The Kier molecular flexibility index (Phi) is 7.39. The Morgan fingerprint density at radius 3 is 2.89 bits per heavy atom. The van der Waals surface area contributed by atoms with Gasteiger partial charge in [-0.3, -0.25) is 4.99 Å². The molecule has 0 saturated carbocycles. The quantitative estimate of drug-likeness (QED) is 0.525. The van der Waals surface area contributed by atoms with E-state index in [0.29, 0.717) is 0 Å². The van der Waals surface area contributed by atoms with Crippen molar-refractivity contribution >= 4 is 17.4 Å². The van der Waals surface area contributed by atoms with Gasteiger partial charge < -0.3 is 0 Å². The molecular weight excluding hydrogens is 130 g/mol. The third-order valence-electron chi connectivity index (χ3n) is 0.716. The van der Waals surface area contributed by atoms with Crippen molar-refractivity contribution in [2.75, 3.05) is 12.3 Å². The Balaban J connectivity index is 3.25. The smallest absolute Gasteiger partial charge is 0.0733 e. The van der Waals surface area contributed by atoms with E-state index in [1.807, 2.05) is 6.92 Å². The summed E-state index contributed by atoms with van der Waals surface area (Å²) < 4.78 is 0. The Labute approximate surface area is 60.8 Å². The minimum Gasteiger partial charge on any atom is -0.284 e. The lowest BCUT2D eigenvalue weighted by Crippen LogP contribution is -1.68. The van der Waals surface area contributed by atoms with Crippen LogP contribution in [0, 0.1) is 5.18 Å². The van der Waals surface area contributed by atoms with E-state index in [1.165, 1.54) is 6.42 Å². The molecule has 0 aromatic heterocycles. The van der Waals surface area contributed by atoms with Crippen LogP contribution in [0.1, 0.15) is 20.3 Å². The molecule has 0 spiro atoms. The standard InChI is InChI=1S/C7H13NS/c1-3-6-9-7-5-8-4-2/h5H,3-4,6H2,1-2H3. The molecule has 0 aromatic carbocycles. The van der Waals surface area contributed by atoms with Gasteiger partial charge in [0, 0.05) is 12.3 Å². The van der Waals surface area contributed by atoms with Crippen molar-refractivity contribution in [2.24, 2.45) is 4.99 Å². The number of hydrogen-bond acceptors (Lipinski definition) is 1. The molecule has 0 aromatic rings. The third-order valence-corrected chi connectivity index (χ3v) is 1.60. The highest BCUT2D eigenvalue weighted by Crippen LogP contribution is 1.83. The number of aliphatic imine (C=N–C) groups is 1. The van der Waals surface area contributed by atoms with Gasteiger partial charge in [-0.25, -0.2) is 0 Å². The van der Waals surface area contributed by atoms with Crippen molar-refractivity contribution in [3.8, 4) is 5.18 Å². The van der Waals surface area contributed by atoms with Crippen LogP contribution in [0.2, 0.25) is 0 Å². The molecule has 0 fully saturated rings. The van der Waals surface area contributed by atoms with Gasteiger partial charge in [0.15, 0.2) is 0 Å². The Hall–Kier alpha value is -0.330. The van der Waals surface area contributed by atoms with Crippen LogP contribution < -0.4 is 0 Å². The Morgan fingerprint density at radius 2 is 2.33 bits per heavy atom. The topological polar surface area (TPSA) is 12.4 Å². The lowest BCUT2D eigenvalue weighted by molar-refractivity contribution is 1.11. The van der Waals surface area contributed by atoms with Crippen LogP contribution >= 0.6 is 11.2 Å². The van der Waals surface area contributed by atoms with Crippen LogP contribution in [0.5, 0.6) is 0 Å². The molecule has 0 N–H and O–H groups in total. The molecule has 0 heterocycles. The molecular formula is C7H13NS. The van der Waals surface area contributed by atoms with Crippen molar-refractivity contribution < 1.29 is 0 Å². The fourth-order valence-corrected chi connectivity index (χ4v) is 0.798. The normalized spacial score (nSPS) is 9.56. The fourth-order valence-electron chi connectivity index (χ4n) is 0.327. The molecule has 0 radical (unpaired) electrons. The van der Waals surface area contributed by atoms with E-state index in [9.17, 15) is 0 Å². The summed E-state index contributed by atoms with van der Waals surface area (Å²) >= 11 is 1.69. The highest BCUT2D eigenvalue weighted by atomic mass is 32.1. The van der Waals surface area contributed by atoms with Gasteiger partial charge >= 0.3 is 0 Å². The van der Waals surface area contributed by atoms with Gasteiger partial charge in [-0.2, -0.15) is 0 Å². The SMILES string of the molecule is CCCS#CC=NCC. The van der Waals surface area contributed by atoms with Gasteiger partial charge in [0.2, 0.25) is 0 Å². The lowest BCUT2D eigenvalue weighted by atomic mass is 10.6. The molecule has 0 aliphatic rings. The van der Waals surface area contributed by atoms with Crippen LogP contribution in [0.25, 0.3) is 0 Å². The first-order chi connectivity index (χ1) is 4.41. The molecule has 0 atom stereocenters. The molecule has 0 amide bonds. The van der Waals surface area contributed by atoms with Crippen molar-refractivity contribution in [1.82, 2.24) is 0 Å². The predicted molar refractivity (Wildman–Crippen MR) is 45.7 cm³/mol. The molecule has 0 aliphatic heterocycles. The van der Waals surface area contributed by atoms with Crippen LogP contribution in [0.3, 0.4) is 0 Å². The first-order valence-corrected chi connectivity index (χ1v) is 4.26. The third kappa shape index (κ3) is 7.67. The molecule has 1 nitrogen and oxygen atoms in total. The van der Waals surface area contributed by atoms with E-state index >= 15 is 0 Å². The number of hydrogen-bond donors (Lipinski definition) is 0. The second-order valence-corrected chi connectivity index (χ2v) is 2.53. The zero-order valence-corrected chi connectivity index (χ0v) is 6.87. The maximum absolute atomic E-state index is 3.99. The molecule has 0 rings (SSSR count). The minimum atomic E-state index is 0.861. The van der Waals surface area contributed by atoms with Crippen LogP contribution in [-0.4, -0.2) is 18.5 Å². The summed E-state index contributed by atoms with van der Waals surface area (Å²) in [6.45, 7) is 5.04. The minimum absolute atomic E-state index is 0.861. The molecule has 0 bridgehead atoms. The van der Waals surface area contributed by atoms with Gasteiger partial charge in [0.25, 0.3) is 0 Å². The summed E-state index contributed by atoms with van der Waals surface area (Å²) in [6, 6.07) is 0. The van der Waals surface area contributed by atoms with Gasteiger partial charge in [-0.05, 0) is 18.5 Å². The molecule has 0 aliphatic carbocycles. The van der Waals surface area contributed by atoms with E-state index < -0.39 is 0 Å². The zero-order valence-electron chi connectivity index (χ0n) is 6.05. The summed E-state index contributed by atoms with van der Waals surface area (Å²) in [6.07, 6.45) is 2.96. The summed E-state index contributed by atoms with van der Waals surface area (Å²) in [4.78, 5) is 3.99. The average Bonchev–Trinajstić information content (AvgIpc) is 1.89. The van der Waals surface area contributed by atoms with Crippen molar-refractivity contribution in [3.05, 3.63) is 0 Å². The van der Waals surface area contributed by atoms with E-state index in [2.05, 4.69) is 17.1 Å². The van der Waals surface area contributed by atoms with E-state index in [4.69, 9.17) is 0 Å². The average molecular weight is 143 g/mol. The monoisotopic (exact) mass is 143 g/mol. The molecule has 0 saturated heterocycles. The van der Waals surface area contributed by atoms with Gasteiger partial charge in [-0.15, -0.1) is 11.2 Å². The molecule has 52 valence electrons. The Bertz CT molecular complexity index is 130. The highest BCUT2D eigenvalue weighted by Gasteiger charge is 1.66. The van der Waals surface area contributed by atoms with Crippen molar-refractivity contribution in [3.63, 3.8) is 0 Å². The van der Waals surface area contributed by atoms with Gasteiger partial charge in [0.1, 0.15) is 0 Å². The second-order valence-electron chi connectivity index (χ2n) is 1.59. The molecule has 2 heteroatoms. The van der Waals surface area contributed by atoms with Crippen molar-refractivity contribution in [1.29, 1.82) is 0 Å². The molecule has 9 heavy (non-hydrogen) atoms. The maximum Gasteiger partial charge on any atom is 0.0733 e. The van der Waals surface area contributed by atoms with Gasteiger partial charge in [-0.1, -0.05) is 6.92 Å². The molecule has 0 unspecified atom stereocenters. The van der Waals surface area contributed by atoms with Crippen LogP contribution in [0.15, 0.2) is 4.99 Å². The number of nitrogens with zero attached hydrogens (tertiary/aromatic N) is 1. The van der Waals surface area contributed by atoms with E-state index in [0.717, 1.165) is 12.3 Å². The fraction of sp³-hybridized carbons (Fsp3) is 0.714. The summed E-state index contributed by atoms with van der Waals surface area (Å²) in [5.74, 6) is 1.15. The Morgan fingerprint density at radius 1 is 1.56 bits per heavy atom. The summed E-state index contributed by atoms with van der Waals surface area (Å²) in [7, 11) is 0. The first kappa shape index (κ1) is 8.67. The summed E-state index contributed by atoms with van der Waals surface area (Å²) in [5, 5.41) is 3.01.